The van der Waals surface area contributed by atoms with Crippen molar-refractivity contribution in [3.8, 4) is 0 Å². The van der Waals surface area contributed by atoms with Gasteiger partial charge in [-0.1, -0.05) is 6.55 Å². The van der Waals surface area contributed by atoms with Crippen LogP contribution in [0.5, 0.6) is 0 Å². The zero-order chi connectivity index (χ0) is 17.3. The van der Waals surface area contributed by atoms with Crippen molar-refractivity contribution in [1.82, 2.24) is 5.32 Å². The molecule has 0 fully saturated rings. The quantitative estimate of drug-likeness (QED) is 0.375. The molecule has 0 aliphatic rings. The number of nitrogens with one attached hydrogen (secondary N) is 1. The summed E-state index contributed by atoms with van der Waals surface area (Å²) in [6, 6.07) is 1.01. The van der Waals surface area contributed by atoms with Gasteiger partial charge >= 0.3 is 17.1 Å². The van der Waals surface area contributed by atoms with E-state index in [9.17, 15) is 0 Å². The van der Waals surface area contributed by atoms with Crippen LogP contribution in [0.15, 0.2) is 0 Å². The summed E-state index contributed by atoms with van der Waals surface area (Å²) >= 11 is 0. The zero-order valence-corrected chi connectivity index (χ0v) is 20.2. The van der Waals surface area contributed by atoms with Crippen LogP contribution in [-0.2, 0) is 12.7 Å². The lowest BCUT2D eigenvalue weighted by Gasteiger charge is -2.39. The molecular weight excluding hydrogens is 344 g/mol. The molecule has 1 atom stereocenters. The second kappa shape index (κ2) is 10.5. The van der Waals surface area contributed by atoms with E-state index in [1.54, 1.807) is 0 Å². The third-order valence-electron chi connectivity index (χ3n) is 2.94. The van der Waals surface area contributed by atoms with Gasteiger partial charge in [0.2, 0.25) is 0 Å². The van der Waals surface area contributed by atoms with Crippen LogP contribution in [0.2, 0.25) is 51.9 Å². The van der Waals surface area contributed by atoms with Crippen molar-refractivity contribution in [2.75, 3.05) is 25.9 Å². The Hall–Kier alpha value is 0.668. The van der Waals surface area contributed by atoms with E-state index in [-0.39, 0.29) is 9.52 Å². The topological polar surface area (TPSA) is 65.7 Å². The Labute approximate surface area is 143 Å². The molecule has 0 aliphatic heterocycles. The minimum atomic E-state index is -2.19. The molecule has 0 aromatic heterocycles. The van der Waals surface area contributed by atoms with Crippen LogP contribution in [0, 0.1) is 0 Å². The number of hydrogen-bond donors (Lipinski definition) is 2. The molecule has 0 saturated heterocycles. The van der Waals surface area contributed by atoms with E-state index in [1.165, 1.54) is 0 Å². The first-order valence-corrected chi connectivity index (χ1v) is 19.6. The predicted molar refractivity (Wildman–Crippen MR) is 106 cm³/mol. The molecule has 0 saturated carbocycles. The van der Waals surface area contributed by atoms with Gasteiger partial charge in [-0.15, -0.1) is 0 Å². The molecule has 3 N–H and O–H groups in total. The molecule has 134 valence electrons. The van der Waals surface area contributed by atoms with E-state index in [0.29, 0.717) is 6.54 Å². The molecule has 0 aromatic rings. The van der Waals surface area contributed by atoms with Gasteiger partial charge in [-0.3, -0.25) is 0 Å². The van der Waals surface area contributed by atoms with Crippen molar-refractivity contribution in [2.45, 2.75) is 58.3 Å². The molecule has 5 nitrogen and oxygen atoms in total. The minimum Gasteiger partial charge on any atom is -0.437 e. The molecular formula is C13H38N2O3Si4. The third kappa shape index (κ3) is 12.1. The van der Waals surface area contributed by atoms with E-state index < -0.39 is 25.4 Å². The molecule has 22 heavy (non-hydrogen) atoms. The van der Waals surface area contributed by atoms with Crippen molar-refractivity contribution < 1.29 is 12.7 Å². The summed E-state index contributed by atoms with van der Waals surface area (Å²) in [4.78, 5) is 0. The van der Waals surface area contributed by atoms with Crippen molar-refractivity contribution >= 4 is 35.0 Å². The lowest BCUT2D eigenvalue weighted by molar-refractivity contribution is 0.261. The van der Waals surface area contributed by atoms with Crippen LogP contribution in [0.4, 0.5) is 0 Å². The second-order valence-electron chi connectivity index (χ2n) is 7.34. The van der Waals surface area contributed by atoms with Gasteiger partial charge in [-0.25, -0.2) is 0 Å². The fourth-order valence-corrected chi connectivity index (χ4v) is 17.0. The molecule has 0 aliphatic carbocycles. The monoisotopic (exact) mass is 382 g/mol. The first-order chi connectivity index (χ1) is 10.0. The zero-order valence-electron chi connectivity index (χ0n) is 15.8. The summed E-state index contributed by atoms with van der Waals surface area (Å²) < 4.78 is 19.1. The van der Waals surface area contributed by atoms with Gasteiger partial charge in [0.15, 0.2) is 8.32 Å². The van der Waals surface area contributed by atoms with Crippen LogP contribution < -0.4 is 11.1 Å². The van der Waals surface area contributed by atoms with E-state index in [4.69, 9.17) is 18.4 Å². The van der Waals surface area contributed by atoms with Crippen LogP contribution in [0.25, 0.3) is 0 Å². The van der Waals surface area contributed by atoms with E-state index in [0.717, 1.165) is 31.8 Å². The average molecular weight is 383 g/mol. The van der Waals surface area contributed by atoms with E-state index in [1.807, 2.05) is 0 Å². The van der Waals surface area contributed by atoms with Crippen molar-refractivity contribution in [2.24, 2.45) is 5.73 Å². The molecule has 0 amide bonds. The minimum absolute atomic E-state index is 0.0842. The molecule has 0 heterocycles. The van der Waals surface area contributed by atoms with Crippen molar-refractivity contribution in [3.05, 3.63) is 0 Å². The Morgan fingerprint density at radius 3 is 2.14 bits per heavy atom. The largest absolute Gasteiger partial charge is 0.437 e. The van der Waals surface area contributed by atoms with Crippen LogP contribution in [0.1, 0.15) is 6.42 Å². The first-order valence-electron chi connectivity index (χ1n) is 8.49. The number of nitrogens with two attached hydrogens (primary N) is 1. The maximum absolute atomic E-state index is 6.55. The standard InChI is InChI=1S/C13H38N2O3Si4/c1-19-13-16-21(5,6)18-22(7,17-20(2,3)4)12-8-10-15-11-9-14/h15H,8-14,19H2,1-7H3. The smallest absolute Gasteiger partial charge is 0.322 e. The van der Waals surface area contributed by atoms with Gasteiger partial charge in [0.05, 0.1) is 0 Å². The summed E-state index contributed by atoms with van der Waals surface area (Å²) in [7, 11) is -5.98. The Balaban J connectivity index is 4.64. The van der Waals surface area contributed by atoms with Crippen LogP contribution >= 0.6 is 0 Å². The second-order valence-corrected chi connectivity index (χ2v) is 20.5. The molecule has 0 spiro atoms. The summed E-state index contributed by atoms with van der Waals surface area (Å²) in [6.07, 6.45) is 1.98. The Bertz CT molecular complexity index is 304. The van der Waals surface area contributed by atoms with Gasteiger partial charge in [0.1, 0.15) is 0 Å². The van der Waals surface area contributed by atoms with E-state index in [2.05, 4.69) is 51.1 Å². The molecule has 1 unspecified atom stereocenters. The Morgan fingerprint density at radius 1 is 1.00 bits per heavy atom. The first kappa shape index (κ1) is 22.7. The maximum atomic E-state index is 6.55. The summed E-state index contributed by atoms with van der Waals surface area (Å²) in [6.45, 7) is 18.0. The Kier molecular flexibility index (Phi) is 10.8. The molecule has 0 radical (unpaired) electrons. The highest BCUT2D eigenvalue weighted by Gasteiger charge is 2.42. The van der Waals surface area contributed by atoms with E-state index >= 15 is 0 Å². The lowest BCUT2D eigenvalue weighted by Crippen LogP contribution is -2.54. The third-order valence-corrected chi connectivity index (χ3v) is 14.0. The summed E-state index contributed by atoms with van der Waals surface area (Å²) in [5.41, 5.74) is 5.50. The summed E-state index contributed by atoms with van der Waals surface area (Å²) in [5, 5.41) is 3.35. The van der Waals surface area contributed by atoms with Gasteiger partial charge in [0.25, 0.3) is 0 Å². The van der Waals surface area contributed by atoms with Gasteiger partial charge < -0.3 is 23.7 Å². The Morgan fingerprint density at radius 2 is 1.64 bits per heavy atom. The van der Waals surface area contributed by atoms with Crippen LogP contribution in [-0.4, -0.2) is 60.8 Å². The number of rotatable bonds is 13. The fraction of sp³-hybridized carbons (Fsp3) is 1.00. The highest BCUT2D eigenvalue weighted by atomic mass is 28.5. The van der Waals surface area contributed by atoms with Crippen molar-refractivity contribution in [3.63, 3.8) is 0 Å². The SMILES string of the molecule is C[SiH2]CO[Si](C)(C)O[Si](C)(CCCNCCN)O[Si](C)(C)C. The lowest BCUT2D eigenvalue weighted by atomic mass is 10.5. The fourth-order valence-electron chi connectivity index (χ4n) is 2.43. The number of hydrogen-bond acceptors (Lipinski definition) is 5. The predicted octanol–water partition coefficient (Wildman–Crippen LogP) is 1.76. The van der Waals surface area contributed by atoms with Crippen LogP contribution in [0.3, 0.4) is 0 Å². The molecule has 0 aromatic carbocycles. The highest BCUT2D eigenvalue weighted by molar-refractivity contribution is 6.86. The summed E-state index contributed by atoms with van der Waals surface area (Å²) in [5.74, 6) is 0. The highest BCUT2D eigenvalue weighted by Crippen LogP contribution is 2.25. The van der Waals surface area contributed by atoms with Gasteiger partial charge in [0, 0.05) is 28.8 Å². The normalized spacial score (nSPS) is 16.4. The molecule has 0 bridgehead atoms. The van der Waals surface area contributed by atoms with Gasteiger partial charge in [-0.05, 0) is 58.3 Å². The van der Waals surface area contributed by atoms with Crippen molar-refractivity contribution in [1.29, 1.82) is 0 Å². The molecule has 0 rings (SSSR count). The average Bonchev–Trinajstić information content (AvgIpc) is 2.33. The van der Waals surface area contributed by atoms with Gasteiger partial charge in [-0.2, -0.15) is 0 Å². The molecule has 9 heteroatoms. The maximum Gasteiger partial charge on any atom is 0.322 e.